The number of rotatable bonds is 6. The molecule has 124 valence electrons. The molecule has 0 radical (unpaired) electrons. The maximum atomic E-state index is 13.6. The summed E-state index contributed by atoms with van der Waals surface area (Å²) in [6, 6.07) is 10.3. The quantitative estimate of drug-likeness (QED) is 0.654. The Hall–Kier alpha value is -1.73. The van der Waals surface area contributed by atoms with E-state index >= 15 is 0 Å². The Bertz CT molecular complexity index is 646. The normalized spacial score (nSPS) is 22.4. The highest BCUT2D eigenvalue weighted by Gasteiger charge is 2.30. The molecule has 3 unspecified atom stereocenters. The molecule has 2 aromatic rings. The van der Waals surface area contributed by atoms with E-state index in [1.54, 1.807) is 18.2 Å². The lowest BCUT2D eigenvalue weighted by atomic mass is 9.99. The highest BCUT2D eigenvalue weighted by Crippen LogP contribution is 2.26. The van der Waals surface area contributed by atoms with Crippen LogP contribution in [0.1, 0.15) is 29.2 Å². The van der Waals surface area contributed by atoms with Crippen molar-refractivity contribution in [3.05, 3.63) is 59.3 Å². The molecule has 0 aliphatic carbocycles. The van der Waals surface area contributed by atoms with E-state index in [1.807, 2.05) is 19.1 Å². The Kier molecular flexibility index (Phi) is 5.07. The third kappa shape index (κ3) is 3.79. The number of benzene rings is 1. The van der Waals surface area contributed by atoms with E-state index in [1.165, 1.54) is 6.07 Å². The van der Waals surface area contributed by atoms with Crippen LogP contribution in [0.4, 0.5) is 4.39 Å². The Morgan fingerprint density at radius 1 is 1.35 bits per heavy atom. The summed E-state index contributed by atoms with van der Waals surface area (Å²) in [7, 11) is 0. The summed E-state index contributed by atoms with van der Waals surface area (Å²) in [6.07, 6.45) is -0.858. The summed E-state index contributed by atoms with van der Waals surface area (Å²) < 4.78 is 19.3. The van der Waals surface area contributed by atoms with Crippen LogP contribution in [0.25, 0.3) is 0 Å². The molecule has 4 N–H and O–H groups in total. The second kappa shape index (κ2) is 7.23. The fourth-order valence-electron chi connectivity index (χ4n) is 2.91. The average Bonchev–Trinajstić information content (AvgIpc) is 3.16. The van der Waals surface area contributed by atoms with Gasteiger partial charge in [0.05, 0.1) is 12.1 Å². The second-order valence-electron chi connectivity index (χ2n) is 5.91. The molecular formula is C17H22FN3O2. The van der Waals surface area contributed by atoms with Gasteiger partial charge in [0.15, 0.2) is 0 Å². The van der Waals surface area contributed by atoms with E-state index in [-0.39, 0.29) is 17.8 Å². The topological polar surface area (TPSA) is 69.5 Å². The molecule has 23 heavy (non-hydrogen) atoms. The van der Waals surface area contributed by atoms with Gasteiger partial charge >= 0.3 is 0 Å². The molecule has 0 saturated carbocycles. The van der Waals surface area contributed by atoms with Crippen molar-refractivity contribution in [2.24, 2.45) is 5.92 Å². The molecule has 2 heterocycles. The molecule has 1 aromatic carbocycles. The Balaban J connectivity index is 1.53. The number of aliphatic hydroxyl groups excluding tert-OH is 1. The fraction of sp³-hybridized carbons (Fsp3) is 0.412. The first-order valence-electron chi connectivity index (χ1n) is 7.83. The van der Waals surface area contributed by atoms with Crippen LogP contribution in [-0.4, -0.2) is 24.7 Å². The van der Waals surface area contributed by atoms with Crippen LogP contribution in [-0.2, 0) is 0 Å². The van der Waals surface area contributed by atoms with Gasteiger partial charge < -0.3 is 14.8 Å². The second-order valence-corrected chi connectivity index (χ2v) is 5.91. The van der Waals surface area contributed by atoms with Crippen LogP contribution in [0.5, 0.6) is 0 Å². The van der Waals surface area contributed by atoms with Gasteiger partial charge in [0, 0.05) is 31.1 Å². The lowest BCUT2D eigenvalue weighted by Gasteiger charge is -2.19. The Morgan fingerprint density at radius 3 is 2.91 bits per heavy atom. The Morgan fingerprint density at radius 2 is 2.17 bits per heavy atom. The minimum absolute atomic E-state index is 0.0850. The van der Waals surface area contributed by atoms with Gasteiger partial charge in [-0.3, -0.25) is 5.43 Å². The van der Waals surface area contributed by atoms with Gasteiger partial charge in [-0.2, -0.15) is 0 Å². The first kappa shape index (κ1) is 16.1. The van der Waals surface area contributed by atoms with Crippen LogP contribution in [0.15, 0.2) is 40.8 Å². The van der Waals surface area contributed by atoms with Crippen molar-refractivity contribution in [1.82, 2.24) is 16.2 Å². The molecule has 1 fully saturated rings. The molecule has 6 heteroatoms. The highest BCUT2D eigenvalue weighted by molar-refractivity contribution is 5.20. The summed E-state index contributed by atoms with van der Waals surface area (Å²) >= 11 is 0. The molecule has 0 bridgehead atoms. The summed E-state index contributed by atoms with van der Waals surface area (Å²) in [6.45, 7) is 3.72. The molecule has 1 aliphatic heterocycles. The number of nitrogens with one attached hydrogen (secondary N) is 3. The number of halogens is 1. The first-order chi connectivity index (χ1) is 11.1. The zero-order valence-electron chi connectivity index (χ0n) is 13.1. The van der Waals surface area contributed by atoms with E-state index in [0.29, 0.717) is 18.7 Å². The number of hydrazine groups is 1. The van der Waals surface area contributed by atoms with Crippen molar-refractivity contribution in [1.29, 1.82) is 0 Å². The standard InChI is InChI=1S/C17H22FN3O2/c1-11-6-7-16(23-11)17-12(9-20-21-17)8-19-10-15(22)13-4-2-3-5-14(13)18/h2-7,12,15,17,19-22H,8-10H2,1H3. The van der Waals surface area contributed by atoms with Crippen LogP contribution < -0.4 is 16.2 Å². The first-order valence-corrected chi connectivity index (χ1v) is 7.83. The van der Waals surface area contributed by atoms with E-state index in [0.717, 1.165) is 18.1 Å². The number of hydrogen-bond acceptors (Lipinski definition) is 5. The summed E-state index contributed by atoms with van der Waals surface area (Å²) in [5.74, 6) is 1.69. The third-order valence-electron chi connectivity index (χ3n) is 4.17. The van der Waals surface area contributed by atoms with Gasteiger partial charge in [-0.05, 0) is 25.1 Å². The van der Waals surface area contributed by atoms with E-state index in [4.69, 9.17) is 4.42 Å². The number of hydrogen-bond donors (Lipinski definition) is 4. The van der Waals surface area contributed by atoms with Gasteiger partial charge in [0.25, 0.3) is 0 Å². The van der Waals surface area contributed by atoms with Crippen LogP contribution in [0, 0.1) is 18.7 Å². The molecule has 0 amide bonds. The van der Waals surface area contributed by atoms with Gasteiger partial charge in [-0.1, -0.05) is 18.2 Å². The van der Waals surface area contributed by atoms with Crippen LogP contribution >= 0.6 is 0 Å². The van der Waals surface area contributed by atoms with E-state index in [2.05, 4.69) is 16.2 Å². The van der Waals surface area contributed by atoms with Crippen molar-refractivity contribution < 1.29 is 13.9 Å². The minimum Gasteiger partial charge on any atom is -0.465 e. The molecule has 5 nitrogen and oxygen atoms in total. The van der Waals surface area contributed by atoms with Crippen molar-refractivity contribution in [3.8, 4) is 0 Å². The SMILES string of the molecule is Cc1ccc(C2NNCC2CNCC(O)c2ccccc2F)o1. The van der Waals surface area contributed by atoms with Crippen molar-refractivity contribution in [2.45, 2.75) is 19.1 Å². The van der Waals surface area contributed by atoms with E-state index in [9.17, 15) is 9.50 Å². The minimum atomic E-state index is -0.858. The molecule has 3 atom stereocenters. The molecule has 1 aliphatic rings. The third-order valence-corrected chi connectivity index (χ3v) is 4.17. The van der Waals surface area contributed by atoms with Crippen molar-refractivity contribution >= 4 is 0 Å². The fourth-order valence-corrected chi connectivity index (χ4v) is 2.91. The summed E-state index contributed by atoms with van der Waals surface area (Å²) in [5, 5.41) is 13.3. The van der Waals surface area contributed by atoms with Gasteiger partial charge in [0.2, 0.25) is 0 Å². The lowest BCUT2D eigenvalue weighted by molar-refractivity contribution is 0.167. The molecule has 1 saturated heterocycles. The maximum Gasteiger partial charge on any atom is 0.129 e. The van der Waals surface area contributed by atoms with E-state index < -0.39 is 6.10 Å². The average molecular weight is 319 g/mol. The maximum absolute atomic E-state index is 13.6. The predicted molar refractivity (Wildman–Crippen MR) is 85.0 cm³/mol. The van der Waals surface area contributed by atoms with Gasteiger partial charge in [-0.15, -0.1) is 0 Å². The highest BCUT2D eigenvalue weighted by atomic mass is 19.1. The number of aryl methyl sites for hydroxylation is 1. The summed E-state index contributed by atoms with van der Waals surface area (Å²) in [5.41, 5.74) is 6.67. The Labute approximate surface area is 134 Å². The smallest absolute Gasteiger partial charge is 0.129 e. The summed E-state index contributed by atoms with van der Waals surface area (Å²) in [4.78, 5) is 0. The zero-order chi connectivity index (χ0) is 16.2. The molecule has 1 aromatic heterocycles. The van der Waals surface area contributed by atoms with Crippen LogP contribution in [0.3, 0.4) is 0 Å². The van der Waals surface area contributed by atoms with Crippen molar-refractivity contribution in [3.63, 3.8) is 0 Å². The predicted octanol–water partition coefficient (Wildman–Crippen LogP) is 1.82. The van der Waals surface area contributed by atoms with Gasteiger partial charge in [-0.25, -0.2) is 9.82 Å². The van der Waals surface area contributed by atoms with Crippen molar-refractivity contribution in [2.75, 3.05) is 19.6 Å². The molecule has 0 spiro atoms. The number of furan rings is 1. The molecular weight excluding hydrogens is 297 g/mol. The van der Waals surface area contributed by atoms with Crippen LogP contribution in [0.2, 0.25) is 0 Å². The number of aliphatic hydroxyl groups is 1. The zero-order valence-corrected chi connectivity index (χ0v) is 13.1. The largest absolute Gasteiger partial charge is 0.465 e. The monoisotopic (exact) mass is 319 g/mol. The van der Waals surface area contributed by atoms with Gasteiger partial charge in [0.1, 0.15) is 17.3 Å². The molecule has 3 rings (SSSR count). The lowest BCUT2D eigenvalue weighted by Crippen LogP contribution is -2.31.